The summed E-state index contributed by atoms with van der Waals surface area (Å²) in [5, 5.41) is 22.3. The molecule has 7 aliphatic carbocycles. The average molecular weight is 589 g/mol. The Morgan fingerprint density at radius 3 is 2.40 bits per heavy atom. The van der Waals surface area contributed by atoms with E-state index < -0.39 is 70.0 Å². The van der Waals surface area contributed by atoms with Crippen molar-refractivity contribution in [1.82, 2.24) is 0 Å². The maximum Gasteiger partial charge on any atom is 0.509 e. The molecule has 9 heteroatoms. The van der Waals surface area contributed by atoms with Crippen LogP contribution >= 0.6 is 0 Å². The Balaban J connectivity index is 1.20. The van der Waals surface area contributed by atoms with Gasteiger partial charge in [0.05, 0.1) is 6.10 Å². The first-order valence-electron chi connectivity index (χ1n) is 15.5. The highest BCUT2D eigenvalue weighted by Gasteiger charge is 2.86. The molecule has 7 aliphatic rings. The molecule has 6 saturated carbocycles. The van der Waals surface area contributed by atoms with Gasteiger partial charge in [-0.2, -0.15) is 0 Å². The molecular weight excluding hydrogens is 546 g/mol. The molecule has 14 atom stereocenters. The number of alkyl halides is 2. The minimum Gasteiger partial charge on any atom is -0.478 e. The largest absolute Gasteiger partial charge is 0.509 e. The third-order valence-corrected chi connectivity index (χ3v) is 14.2. The van der Waals surface area contributed by atoms with E-state index in [1.807, 2.05) is 0 Å². The Bertz CT molecular complexity index is 1360. The van der Waals surface area contributed by atoms with E-state index in [2.05, 4.69) is 20.8 Å². The van der Waals surface area contributed by atoms with Gasteiger partial charge < -0.3 is 19.7 Å². The maximum atomic E-state index is 17.5. The first kappa shape index (κ1) is 28.5. The number of aliphatic hydroxyl groups excluding tert-OH is 1. The SMILES string of the molecule is C[C@@H]1[C@@H]2C(C)(C)C23C[C@H]3C[C@H]1OC(=O)O[C@]1(C(=O)O)[C@H](C)C[C@H]2[C@@H]3C[C@H](F)C4=CC(=O)C=C[C@]4(C)[C@@]3(F)[C@@H](O)C[C@@]21C. The van der Waals surface area contributed by atoms with E-state index in [9.17, 15) is 24.6 Å². The summed E-state index contributed by atoms with van der Waals surface area (Å²) >= 11 is 0. The van der Waals surface area contributed by atoms with E-state index in [0.717, 1.165) is 18.9 Å². The number of carboxylic acid groups (broad SMARTS) is 1. The number of hydrogen-bond donors (Lipinski definition) is 2. The topological polar surface area (TPSA) is 110 Å². The Kier molecular flexibility index (Phi) is 5.46. The number of halogens is 2. The van der Waals surface area contributed by atoms with Crippen molar-refractivity contribution in [3.63, 3.8) is 0 Å². The van der Waals surface area contributed by atoms with Crippen LogP contribution in [0.1, 0.15) is 73.6 Å². The van der Waals surface area contributed by atoms with E-state index in [1.165, 1.54) is 19.1 Å². The van der Waals surface area contributed by atoms with Gasteiger partial charge in [-0.1, -0.05) is 40.7 Å². The predicted molar refractivity (Wildman–Crippen MR) is 146 cm³/mol. The number of ketones is 1. The summed E-state index contributed by atoms with van der Waals surface area (Å²) in [7, 11) is 0. The molecule has 0 aromatic heterocycles. The van der Waals surface area contributed by atoms with Gasteiger partial charge in [-0.25, -0.2) is 18.4 Å². The fourth-order valence-electron chi connectivity index (χ4n) is 12.3. The van der Waals surface area contributed by atoms with Crippen molar-refractivity contribution in [2.24, 2.45) is 57.2 Å². The van der Waals surface area contributed by atoms with E-state index in [4.69, 9.17) is 9.47 Å². The first-order chi connectivity index (χ1) is 19.4. The molecule has 6 fully saturated rings. The number of aliphatic carboxylic acids is 1. The smallest absolute Gasteiger partial charge is 0.478 e. The van der Waals surface area contributed by atoms with Crippen LogP contribution in [0.4, 0.5) is 13.6 Å². The van der Waals surface area contributed by atoms with Crippen molar-refractivity contribution >= 4 is 17.9 Å². The molecule has 7 nitrogen and oxygen atoms in total. The van der Waals surface area contributed by atoms with Gasteiger partial charge in [0.1, 0.15) is 12.3 Å². The molecule has 0 bridgehead atoms. The van der Waals surface area contributed by atoms with Crippen LogP contribution in [-0.2, 0) is 19.1 Å². The van der Waals surface area contributed by atoms with E-state index in [-0.39, 0.29) is 42.3 Å². The van der Waals surface area contributed by atoms with Crippen LogP contribution in [0, 0.1) is 57.2 Å². The van der Waals surface area contributed by atoms with E-state index >= 15 is 8.78 Å². The number of carboxylic acids is 1. The number of ether oxygens (including phenoxy) is 2. The van der Waals surface area contributed by atoms with Crippen molar-refractivity contribution < 1.29 is 42.9 Å². The Labute approximate surface area is 245 Å². The minimum atomic E-state index is -2.34. The van der Waals surface area contributed by atoms with Crippen molar-refractivity contribution in [3.05, 3.63) is 23.8 Å². The van der Waals surface area contributed by atoms with E-state index in [0.29, 0.717) is 17.3 Å². The number of carbonyl (C=O) groups excluding carboxylic acids is 2. The summed E-state index contributed by atoms with van der Waals surface area (Å²) in [5.74, 6) is -3.29. The molecule has 7 rings (SSSR count). The summed E-state index contributed by atoms with van der Waals surface area (Å²) < 4.78 is 45.0. The van der Waals surface area contributed by atoms with Gasteiger partial charge in [0.15, 0.2) is 11.5 Å². The van der Waals surface area contributed by atoms with Gasteiger partial charge in [-0.05, 0) is 91.3 Å². The predicted octanol–water partition coefficient (Wildman–Crippen LogP) is 5.60. The Morgan fingerprint density at radius 1 is 1.05 bits per heavy atom. The van der Waals surface area contributed by atoms with E-state index in [1.54, 1.807) is 13.8 Å². The van der Waals surface area contributed by atoms with Crippen LogP contribution in [0.25, 0.3) is 0 Å². The standard InChI is InChI=1S/C33H42F2O7/c1-15-9-19-20-12-22(34)21-11-18(36)7-8-29(21,5)32(20,35)24(37)14-30(19,6)33(15,26(38)39)42-27(40)41-23-10-17-13-31(17)25(16(23)2)28(31,3)4/h7-8,11,15-17,19-20,22-25,37H,9-10,12-14H2,1-6H3,(H,38,39)/t15-,16+,17-,19+,20+,22+,23-,24+,25-,29+,30+,31?,32+,33+/m1/s1. The zero-order chi connectivity index (χ0) is 30.6. The lowest BCUT2D eigenvalue weighted by molar-refractivity contribution is -0.232. The van der Waals surface area contributed by atoms with Crippen LogP contribution in [0.5, 0.6) is 0 Å². The summed E-state index contributed by atoms with van der Waals surface area (Å²) in [6, 6.07) is 0. The molecule has 0 radical (unpaired) electrons. The Morgan fingerprint density at radius 2 is 1.74 bits per heavy atom. The van der Waals surface area contributed by atoms with Gasteiger partial charge in [0.2, 0.25) is 5.60 Å². The van der Waals surface area contributed by atoms with Gasteiger partial charge >= 0.3 is 12.1 Å². The highest BCUT2D eigenvalue weighted by Crippen LogP contribution is 2.90. The number of aliphatic hydroxyl groups is 1. The third kappa shape index (κ3) is 2.93. The van der Waals surface area contributed by atoms with Crippen LogP contribution in [0.15, 0.2) is 23.8 Å². The van der Waals surface area contributed by atoms with Crippen molar-refractivity contribution in [3.8, 4) is 0 Å². The lowest BCUT2D eigenvalue weighted by Gasteiger charge is -2.62. The first-order valence-corrected chi connectivity index (χ1v) is 15.5. The third-order valence-electron chi connectivity index (χ3n) is 14.2. The summed E-state index contributed by atoms with van der Waals surface area (Å²) in [6.07, 6.45) is 0.324. The zero-order valence-electron chi connectivity index (χ0n) is 25.2. The van der Waals surface area contributed by atoms with Crippen LogP contribution in [0.2, 0.25) is 0 Å². The monoisotopic (exact) mass is 588 g/mol. The number of carbonyl (C=O) groups is 3. The minimum absolute atomic E-state index is 0.00639. The summed E-state index contributed by atoms with van der Waals surface area (Å²) in [6.45, 7) is 11.4. The molecule has 0 amide bonds. The molecule has 0 aliphatic heterocycles. The number of allylic oxidation sites excluding steroid dienone is 4. The normalized spacial score (nSPS) is 56.1. The second-order valence-electron chi connectivity index (χ2n) is 15.8. The molecule has 2 N–H and O–H groups in total. The molecule has 0 aromatic carbocycles. The summed E-state index contributed by atoms with van der Waals surface area (Å²) in [4.78, 5) is 38.8. The van der Waals surface area contributed by atoms with Crippen LogP contribution in [0.3, 0.4) is 0 Å². The molecular formula is C33H42F2O7. The van der Waals surface area contributed by atoms with Gasteiger partial charge in [0, 0.05) is 22.7 Å². The van der Waals surface area contributed by atoms with Gasteiger partial charge in [0.25, 0.3) is 0 Å². The Hall–Kier alpha value is -2.29. The highest BCUT2D eigenvalue weighted by atomic mass is 19.1. The number of fused-ring (bicyclic) bond motifs is 5. The number of hydrogen-bond acceptors (Lipinski definition) is 6. The van der Waals surface area contributed by atoms with Crippen LogP contribution in [-0.4, -0.2) is 57.8 Å². The fourth-order valence-corrected chi connectivity index (χ4v) is 12.3. The second-order valence-corrected chi connectivity index (χ2v) is 15.8. The van der Waals surface area contributed by atoms with Crippen molar-refractivity contribution in [1.29, 1.82) is 0 Å². The van der Waals surface area contributed by atoms with Gasteiger partial charge in [-0.3, -0.25) is 4.79 Å². The van der Waals surface area contributed by atoms with Crippen LogP contribution < -0.4 is 0 Å². The summed E-state index contributed by atoms with van der Waals surface area (Å²) in [5.41, 5.74) is -6.87. The van der Waals surface area contributed by atoms with Crippen molar-refractivity contribution in [2.75, 3.05) is 0 Å². The molecule has 0 saturated heterocycles. The molecule has 0 heterocycles. The average Bonchev–Trinajstić information content (AvgIpc) is 3.71. The molecule has 230 valence electrons. The van der Waals surface area contributed by atoms with Gasteiger partial charge in [-0.15, -0.1) is 0 Å². The fraction of sp³-hybridized carbons (Fsp3) is 0.788. The molecule has 1 spiro atoms. The molecule has 42 heavy (non-hydrogen) atoms. The molecule has 1 unspecified atom stereocenters. The quantitative estimate of drug-likeness (QED) is 0.413. The zero-order valence-corrected chi connectivity index (χ0v) is 25.2. The highest BCUT2D eigenvalue weighted by molar-refractivity contribution is 6.01. The lowest BCUT2D eigenvalue weighted by Crippen LogP contribution is -2.71. The maximum absolute atomic E-state index is 17.5. The van der Waals surface area contributed by atoms with Crippen molar-refractivity contribution in [2.45, 2.75) is 103 Å². The second kappa shape index (κ2) is 8.05. The lowest BCUT2D eigenvalue weighted by atomic mass is 9.44. The molecule has 0 aromatic rings. The number of rotatable bonds is 3.